The second kappa shape index (κ2) is 7.70. The van der Waals surface area contributed by atoms with E-state index >= 15 is 0 Å². The van der Waals surface area contributed by atoms with Gasteiger partial charge in [0, 0.05) is 11.1 Å². The number of hydrogen-bond acceptors (Lipinski definition) is 8. The van der Waals surface area contributed by atoms with Crippen molar-refractivity contribution in [3.63, 3.8) is 0 Å². The molecule has 0 spiro atoms. The minimum absolute atomic E-state index is 0.0221. The van der Waals surface area contributed by atoms with E-state index in [0.29, 0.717) is 11.4 Å². The zero-order valence-electron chi connectivity index (χ0n) is 15.6. The summed E-state index contributed by atoms with van der Waals surface area (Å²) in [5, 5.41) is 31.1. The Morgan fingerprint density at radius 3 is 1.93 bits per heavy atom. The lowest BCUT2D eigenvalue weighted by Gasteiger charge is -2.10. The molecular weight excluding hydrogens is 378 g/mol. The molecule has 0 bridgehead atoms. The second-order valence-corrected chi connectivity index (χ2v) is 6.33. The van der Waals surface area contributed by atoms with Crippen molar-refractivity contribution in [2.45, 2.75) is 5.92 Å². The van der Waals surface area contributed by atoms with E-state index in [-0.39, 0.29) is 23.1 Å². The number of aromatic nitrogens is 5. The minimum atomic E-state index is -1.15. The Kier molecular flexibility index (Phi) is 4.77. The summed E-state index contributed by atoms with van der Waals surface area (Å²) in [6.45, 7) is 0. The van der Waals surface area contributed by atoms with Crippen LogP contribution in [0.1, 0.15) is 11.5 Å². The third kappa shape index (κ3) is 3.17. The maximum absolute atomic E-state index is 9.20. The monoisotopic (exact) mass is 393 g/mol. The van der Waals surface area contributed by atoms with E-state index in [0.717, 1.165) is 11.1 Å². The standard InChI is InChI=1S/C21H15N9/c22-11-15(12-23)16-19(24)29-30(20(16)25)21-26-17(13-7-3-1-4-8-13)18(27-28-21)14-9-5-2-6-10-14/h1-10,15H,25H2,(H2,24,29). The minimum Gasteiger partial charge on any atom is -0.383 e. The molecule has 0 aliphatic rings. The number of nitrogens with zero attached hydrogens (tertiary/aromatic N) is 7. The lowest BCUT2D eigenvalue weighted by molar-refractivity contribution is 0.787. The van der Waals surface area contributed by atoms with E-state index in [1.54, 1.807) is 0 Å². The summed E-state index contributed by atoms with van der Waals surface area (Å²) in [6.07, 6.45) is 0. The van der Waals surface area contributed by atoms with Gasteiger partial charge >= 0.3 is 0 Å². The molecule has 2 aromatic carbocycles. The number of benzene rings is 2. The van der Waals surface area contributed by atoms with Crippen LogP contribution >= 0.6 is 0 Å². The number of anilines is 2. The zero-order valence-corrected chi connectivity index (χ0v) is 15.6. The zero-order chi connectivity index (χ0) is 21.1. The number of hydrogen-bond donors (Lipinski definition) is 2. The van der Waals surface area contributed by atoms with E-state index in [1.807, 2.05) is 72.8 Å². The van der Waals surface area contributed by atoms with Crippen LogP contribution in [0.2, 0.25) is 0 Å². The fourth-order valence-corrected chi connectivity index (χ4v) is 3.06. The molecule has 9 nitrogen and oxygen atoms in total. The van der Waals surface area contributed by atoms with Gasteiger partial charge in [-0.1, -0.05) is 60.7 Å². The highest BCUT2D eigenvalue weighted by Gasteiger charge is 2.25. The molecule has 0 atom stereocenters. The van der Waals surface area contributed by atoms with Crippen LogP contribution in [0.4, 0.5) is 11.6 Å². The topological polar surface area (TPSA) is 156 Å². The molecule has 0 aliphatic carbocycles. The molecule has 0 saturated carbocycles. The van der Waals surface area contributed by atoms with E-state index in [1.165, 1.54) is 4.68 Å². The van der Waals surface area contributed by atoms with Crippen LogP contribution in [0.15, 0.2) is 60.7 Å². The largest absolute Gasteiger partial charge is 0.383 e. The molecule has 144 valence electrons. The highest BCUT2D eigenvalue weighted by Crippen LogP contribution is 2.31. The Balaban J connectivity index is 1.91. The second-order valence-electron chi connectivity index (χ2n) is 6.33. The van der Waals surface area contributed by atoms with Crippen LogP contribution in [0, 0.1) is 22.7 Å². The molecule has 2 heterocycles. The van der Waals surface area contributed by atoms with Gasteiger partial charge in [0.05, 0.1) is 17.7 Å². The summed E-state index contributed by atoms with van der Waals surface area (Å²) in [7, 11) is 0. The first-order valence-electron chi connectivity index (χ1n) is 8.93. The van der Waals surface area contributed by atoms with Gasteiger partial charge in [0.1, 0.15) is 17.2 Å². The van der Waals surface area contributed by atoms with Gasteiger partial charge in [0.2, 0.25) is 0 Å². The SMILES string of the molecule is N#CC(C#N)c1c(N)nn(-c2nnc(-c3ccccc3)c(-c3ccccc3)n2)c1N. The molecule has 4 rings (SSSR count). The Bertz CT molecular complexity index is 1270. The highest BCUT2D eigenvalue weighted by molar-refractivity contribution is 5.77. The van der Waals surface area contributed by atoms with E-state index in [9.17, 15) is 10.5 Å². The predicted molar refractivity (Wildman–Crippen MR) is 111 cm³/mol. The Hall–Kier alpha value is -4.76. The summed E-state index contributed by atoms with van der Waals surface area (Å²) in [4.78, 5) is 4.64. The number of rotatable bonds is 4. The quantitative estimate of drug-likeness (QED) is 0.536. The normalized spacial score (nSPS) is 10.5. The molecule has 0 fully saturated rings. The average molecular weight is 393 g/mol. The third-order valence-electron chi connectivity index (χ3n) is 4.49. The Morgan fingerprint density at radius 2 is 1.37 bits per heavy atom. The van der Waals surface area contributed by atoms with Crippen molar-refractivity contribution in [2.75, 3.05) is 11.5 Å². The summed E-state index contributed by atoms with van der Waals surface area (Å²) in [5.41, 5.74) is 15.0. The highest BCUT2D eigenvalue weighted by atomic mass is 15.4. The van der Waals surface area contributed by atoms with Crippen LogP contribution in [0.3, 0.4) is 0 Å². The molecular formula is C21H15N9. The molecule has 0 aliphatic heterocycles. The lowest BCUT2D eigenvalue weighted by Crippen LogP contribution is -2.10. The molecule has 9 heteroatoms. The van der Waals surface area contributed by atoms with Gasteiger partial charge in [-0.15, -0.1) is 15.3 Å². The summed E-state index contributed by atoms with van der Waals surface area (Å²) >= 11 is 0. The van der Waals surface area contributed by atoms with Crippen molar-refractivity contribution >= 4 is 11.6 Å². The van der Waals surface area contributed by atoms with Gasteiger partial charge in [-0.05, 0) is 0 Å². The first kappa shape index (κ1) is 18.6. The van der Waals surface area contributed by atoms with Gasteiger partial charge in [-0.2, -0.15) is 15.2 Å². The van der Waals surface area contributed by atoms with Crippen molar-refractivity contribution in [2.24, 2.45) is 0 Å². The van der Waals surface area contributed by atoms with Crippen molar-refractivity contribution in [1.82, 2.24) is 25.0 Å². The number of nitrogens with two attached hydrogens (primary N) is 2. The van der Waals surface area contributed by atoms with Crippen molar-refractivity contribution in [1.29, 1.82) is 10.5 Å². The van der Waals surface area contributed by atoms with Gasteiger partial charge in [0.25, 0.3) is 5.95 Å². The van der Waals surface area contributed by atoms with Crippen molar-refractivity contribution < 1.29 is 0 Å². The summed E-state index contributed by atoms with van der Waals surface area (Å²) in [6, 6.07) is 22.8. The first-order chi connectivity index (χ1) is 14.6. The van der Waals surface area contributed by atoms with Crippen molar-refractivity contribution in [3.05, 3.63) is 66.2 Å². The lowest BCUT2D eigenvalue weighted by atomic mass is 10.0. The number of nitrogen functional groups attached to an aromatic ring is 2. The molecule has 4 N–H and O–H groups in total. The fraction of sp³-hybridized carbons (Fsp3) is 0.0476. The van der Waals surface area contributed by atoms with Crippen LogP contribution < -0.4 is 11.5 Å². The predicted octanol–water partition coefficient (Wildman–Crippen LogP) is 2.69. The maximum Gasteiger partial charge on any atom is 0.272 e. The van der Waals surface area contributed by atoms with Crippen LogP contribution in [-0.2, 0) is 0 Å². The van der Waals surface area contributed by atoms with E-state index < -0.39 is 5.92 Å². The molecule has 30 heavy (non-hydrogen) atoms. The molecule has 0 amide bonds. The molecule has 2 aromatic heterocycles. The van der Waals surface area contributed by atoms with Gasteiger partial charge in [0.15, 0.2) is 11.7 Å². The van der Waals surface area contributed by atoms with Gasteiger partial charge in [-0.3, -0.25) is 0 Å². The summed E-state index contributed by atoms with van der Waals surface area (Å²) < 4.78 is 1.19. The van der Waals surface area contributed by atoms with E-state index in [4.69, 9.17) is 11.5 Å². The molecule has 0 saturated heterocycles. The third-order valence-corrected chi connectivity index (χ3v) is 4.49. The average Bonchev–Trinajstić information content (AvgIpc) is 3.10. The first-order valence-corrected chi connectivity index (χ1v) is 8.93. The van der Waals surface area contributed by atoms with Crippen LogP contribution in [0.25, 0.3) is 28.5 Å². The molecule has 4 aromatic rings. The Morgan fingerprint density at radius 1 is 0.800 bits per heavy atom. The van der Waals surface area contributed by atoms with Crippen LogP contribution in [-0.4, -0.2) is 25.0 Å². The van der Waals surface area contributed by atoms with Gasteiger partial charge < -0.3 is 11.5 Å². The molecule has 0 unspecified atom stereocenters. The van der Waals surface area contributed by atoms with E-state index in [2.05, 4.69) is 20.3 Å². The smallest absolute Gasteiger partial charge is 0.272 e. The van der Waals surface area contributed by atoms with Gasteiger partial charge in [-0.25, -0.2) is 4.98 Å². The molecule has 0 radical (unpaired) electrons. The number of nitriles is 2. The summed E-state index contributed by atoms with van der Waals surface area (Å²) in [5.74, 6) is -1.08. The van der Waals surface area contributed by atoms with Crippen molar-refractivity contribution in [3.8, 4) is 40.6 Å². The maximum atomic E-state index is 9.20. The van der Waals surface area contributed by atoms with Crippen LogP contribution in [0.5, 0.6) is 0 Å². The Labute approximate surface area is 171 Å². The fourth-order valence-electron chi connectivity index (χ4n) is 3.06.